The van der Waals surface area contributed by atoms with Gasteiger partial charge < -0.3 is 10.1 Å². The van der Waals surface area contributed by atoms with Crippen molar-refractivity contribution in [3.63, 3.8) is 0 Å². The van der Waals surface area contributed by atoms with Gasteiger partial charge in [0.05, 0.1) is 5.69 Å². The molecule has 4 nitrogen and oxygen atoms in total. The van der Waals surface area contributed by atoms with Crippen LogP contribution >= 0.6 is 0 Å². The molecule has 1 saturated heterocycles. The Morgan fingerprint density at radius 2 is 2.37 bits per heavy atom. The summed E-state index contributed by atoms with van der Waals surface area (Å²) in [6, 6.07) is 2.78. The van der Waals surface area contributed by atoms with Crippen LogP contribution in [0.3, 0.4) is 0 Å². The quantitative estimate of drug-likeness (QED) is 0.819. The van der Waals surface area contributed by atoms with Gasteiger partial charge >= 0.3 is 0 Å². The van der Waals surface area contributed by atoms with Crippen LogP contribution in [0.2, 0.25) is 0 Å². The third-order valence-electron chi connectivity index (χ3n) is 3.98. The molecule has 2 atom stereocenters. The molecule has 1 aromatic rings. The van der Waals surface area contributed by atoms with E-state index in [0.29, 0.717) is 6.04 Å². The van der Waals surface area contributed by atoms with E-state index in [2.05, 4.69) is 37.4 Å². The zero-order chi connectivity index (χ0) is 13.7. The Bertz CT molecular complexity index is 383. The van der Waals surface area contributed by atoms with Crippen LogP contribution in [-0.4, -0.2) is 35.6 Å². The van der Waals surface area contributed by atoms with E-state index >= 15 is 0 Å². The van der Waals surface area contributed by atoms with Crippen molar-refractivity contribution in [2.45, 2.75) is 45.6 Å². The normalized spacial score (nSPS) is 20.9. The third kappa shape index (κ3) is 4.05. The summed E-state index contributed by atoms with van der Waals surface area (Å²) < 4.78 is 7.52. The molecule has 1 aromatic heterocycles. The van der Waals surface area contributed by atoms with Crippen molar-refractivity contribution >= 4 is 0 Å². The van der Waals surface area contributed by atoms with Gasteiger partial charge in [0.2, 0.25) is 0 Å². The van der Waals surface area contributed by atoms with Gasteiger partial charge in [-0.2, -0.15) is 5.10 Å². The second kappa shape index (κ2) is 7.06. The summed E-state index contributed by atoms with van der Waals surface area (Å²) in [4.78, 5) is 0. The van der Waals surface area contributed by atoms with E-state index in [9.17, 15) is 0 Å². The van der Waals surface area contributed by atoms with E-state index in [1.165, 1.54) is 24.2 Å². The lowest BCUT2D eigenvalue weighted by molar-refractivity contribution is 0.181. The lowest BCUT2D eigenvalue weighted by Crippen LogP contribution is -2.33. The Labute approximate surface area is 116 Å². The second-order valence-corrected chi connectivity index (χ2v) is 5.53. The Hall–Kier alpha value is -0.870. The van der Waals surface area contributed by atoms with Crippen molar-refractivity contribution in [1.82, 2.24) is 15.1 Å². The maximum atomic E-state index is 5.49. The molecule has 1 aliphatic heterocycles. The molecular formula is C15H27N3O. The predicted molar refractivity (Wildman–Crippen MR) is 77.3 cm³/mol. The van der Waals surface area contributed by atoms with E-state index in [1.54, 1.807) is 0 Å². The van der Waals surface area contributed by atoms with Crippen LogP contribution in [0.25, 0.3) is 0 Å². The van der Waals surface area contributed by atoms with E-state index in [4.69, 9.17) is 4.74 Å². The van der Waals surface area contributed by atoms with Gasteiger partial charge in [-0.3, -0.25) is 4.68 Å². The van der Waals surface area contributed by atoms with Crippen LogP contribution < -0.4 is 5.32 Å². The van der Waals surface area contributed by atoms with Gasteiger partial charge in [-0.05, 0) is 37.8 Å². The van der Waals surface area contributed by atoms with Gasteiger partial charge in [0.15, 0.2) is 0 Å². The standard InChI is InChI=1S/C15H27N3O/c1-4-13-9-15(18(3)17-13)10-14(16-5-2)8-12-6-7-19-11-12/h9,12,14,16H,4-8,10-11H2,1-3H3. The van der Waals surface area contributed by atoms with Gasteiger partial charge in [-0.1, -0.05) is 13.8 Å². The SMILES string of the molecule is CCNC(Cc1cc(CC)nn1C)CC1CCOC1. The molecule has 0 spiro atoms. The van der Waals surface area contributed by atoms with Crippen LogP contribution in [0.5, 0.6) is 0 Å². The highest BCUT2D eigenvalue weighted by atomic mass is 16.5. The van der Waals surface area contributed by atoms with Gasteiger partial charge in [0, 0.05) is 38.4 Å². The maximum absolute atomic E-state index is 5.49. The first-order chi connectivity index (χ1) is 9.22. The van der Waals surface area contributed by atoms with E-state index in [0.717, 1.165) is 38.5 Å². The largest absolute Gasteiger partial charge is 0.381 e. The fraction of sp³-hybridized carbons (Fsp3) is 0.800. The monoisotopic (exact) mass is 265 g/mol. The molecule has 0 aromatic carbocycles. The number of hydrogen-bond acceptors (Lipinski definition) is 3. The molecule has 1 fully saturated rings. The lowest BCUT2D eigenvalue weighted by atomic mass is 9.96. The molecule has 2 rings (SSSR count). The average molecular weight is 265 g/mol. The van der Waals surface area contributed by atoms with E-state index in [1.807, 2.05) is 4.68 Å². The Balaban J connectivity index is 1.96. The fourth-order valence-corrected chi connectivity index (χ4v) is 2.89. The summed E-state index contributed by atoms with van der Waals surface area (Å²) in [6.07, 6.45) is 4.50. The van der Waals surface area contributed by atoms with Crippen LogP contribution in [0.4, 0.5) is 0 Å². The summed E-state index contributed by atoms with van der Waals surface area (Å²) >= 11 is 0. The number of nitrogens with one attached hydrogen (secondary N) is 1. The molecule has 1 aliphatic rings. The average Bonchev–Trinajstić information content (AvgIpc) is 3.00. The molecule has 19 heavy (non-hydrogen) atoms. The fourth-order valence-electron chi connectivity index (χ4n) is 2.89. The Morgan fingerprint density at radius 3 is 2.95 bits per heavy atom. The minimum absolute atomic E-state index is 0.539. The van der Waals surface area contributed by atoms with Crippen LogP contribution in [-0.2, 0) is 24.6 Å². The molecule has 0 saturated carbocycles. The second-order valence-electron chi connectivity index (χ2n) is 5.53. The zero-order valence-corrected chi connectivity index (χ0v) is 12.5. The first-order valence-corrected chi connectivity index (χ1v) is 7.55. The summed E-state index contributed by atoms with van der Waals surface area (Å²) in [5.74, 6) is 0.725. The number of aryl methyl sites for hydroxylation is 2. The van der Waals surface area contributed by atoms with Crippen molar-refractivity contribution in [1.29, 1.82) is 0 Å². The zero-order valence-electron chi connectivity index (χ0n) is 12.5. The number of aromatic nitrogens is 2. The van der Waals surface area contributed by atoms with E-state index < -0.39 is 0 Å². The molecular weight excluding hydrogens is 238 g/mol. The summed E-state index contributed by atoms with van der Waals surface area (Å²) in [5.41, 5.74) is 2.53. The highest BCUT2D eigenvalue weighted by molar-refractivity contribution is 5.11. The van der Waals surface area contributed by atoms with Crippen molar-refractivity contribution in [2.24, 2.45) is 13.0 Å². The van der Waals surface area contributed by atoms with Crippen LogP contribution in [0, 0.1) is 5.92 Å². The number of hydrogen-bond donors (Lipinski definition) is 1. The minimum atomic E-state index is 0.539. The number of ether oxygens (including phenoxy) is 1. The molecule has 0 aliphatic carbocycles. The van der Waals surface area contributed by atoms with Crippen LogP contribution in [0.15, 0.2) is 6.07 Å². The molecule has 2 unspecified atom stereocenters. The van der Waals surface area contributed by atoms with Crippen LogP contribution in [0.1, 0.15) is 38.1 Å². The molecule has 0 radical (unpaired) electrons. The van der Waals surface area contributed by atoms with Gasteiger partial charge in [-0.25, -0.2) is 0 Å². The molecule has 108 valence electrons. The molecule has 0 amide bonds. The van der Waals surface area contributed by atoms with Crippen molar-refractivity contribution in [3.05, 3.63) is 17.5 Å². The lowest BCUT2D eigenvalue weighted by Gasteiger charge is -2.20. The predicted octanol–water partition coefficient (Wildman–Crippen LogP) is 1.93. The molecule has 2 heterocycles. The number of likely N-dealkylation sites (N-methyl/N-ethyl adjacent to an activating group) is 1. The smallest absolute Gasteiger partial charge is 0.0624 e. The van der Waals surface area contributed by atoms with E-state index in [-0.39, 0.29) is 0 Å². The molecule has 0 bridgehead atoms. The Morgan fingerprint density at radius 1 is 1.53 bits per heavy atom. The number of nitrogens with zero attached hydrogens (tertiary/aromatic N) is 2. The van der Waals surface area contributed by atoms with Gasteiger partial charge in [-0.15, -0.1) is 0 Å². The summed E-state index contributed by atoms with van der Waals surface area (Å²) in [5, 5.41) is 8.15. The van der Waals surface area contributed by atoms with Gasteiger partial charge in [0.25, 0.3) is 0 Å². The van der Waals surface area contributed by atoms with Crippen molar-refractivity contribution < 1.29 is 4.74 Å². The highest BCUT2D eigenvalue weighted by Crippen LogP contribution is 2.20. The van der Waals surface area contributed by atoms with Crippen molar-refractivity contribution in [3.8, 4) is 0 Å². The van der Waals surface area contributed by atoms with Gasteiger partial charge in [0.1, 0.15) is 0 Å². The number of rotatable bonds is 7. The maximum Gasteiger partial charge on any atom is 0.0624 e. The first-order valence-electron chi connectivity index (χ1n) is 7.55. The van der Waals surface area contributed by atoms with Crippen molar-refractivity contribution in [2.75, 3.05) is 19.8 Å². The Kier molecular flexibility index (Phi) is 5.40. The molecule has 1 N–H and O–H groups in total. The topological polar surface area (TPSA) is 39.1 Å². The summed E-state index contributed by atoms with van der Waals surface area (Å²) in [7, 11) is 2.05. The highest BCUT2D eigenvalue weighted by Gasteiger charge is 2.21. The third-order valence-corrected chi connectivity index (χ3v) is 3.98. The molecule has 4 heteroatoms. The minimum Gasteiger partial charge on any atom is -0.381 e. The first kappa shape index (κ1) is 14.5. The summed E-state index contributed by atoms with van der Waals surface area (Å²) in [6.45, 7) is 7.24.